The lowest BCUT2D eigenvalue weighted by molar-refractivity contribution is -0.123. The van der Waals surface area contributed by atoms with Crippen molar-refractivity contribution in [1.82, 2.24) is 4.90 Å². The number of rotatable bonds is 5. The Kier molecular flexibility index (Phi) is 6.69. The second-order valence-electron chi connectivity index (χ2n) is 5.82. The normalized spacial score (nSPS) is 15.7. The Morgan fingerprint density at radius 1 is 1.19 bits per heavy atom. The van der Waals surface area contributed by atoms with Gasteiger partial charge in [-0.15, -0.1) is 0 Å². The number of halogens is 2. The number of aromatic hydroxyl groups is 1. The zero-order valence-electron chi connectivity index (χ0n) is 14.2. The Bertz CT molecular complexity index is 928. The summed E-state index contributed by atoms with van der Waals surface area (Å²) in [6.45, 7) is 2.38. The monoisotopic (exact) mass is 607 g/mol. The molecule has 3 rings (SSSR count). The molecule has 27 heavy (non-hydrogen) atoms. The topological polar surface area (TPSA) is 66.8 Å². The number of nitrogens with zero attached hydrogens (tertiary/aromatic N) is 1. The number of benzene rings is 2. The summed E-state index contributed by atoms with van der Waals surface area (Å²) < 4.78 is 7.23. The second-order valence-corrected chi connectivity index (χ2v) is 9.22. The molecule has 1 saturated heterocycles. The summed E-state index contributed by atoms with van der Waals surface area (Å²) in [6.07, 6.45) is 1.56. The van der Waals surface area contributed by atoms with Crippen LogP contribution in [0, 0.1) is 14.1 Å². The third-order valence-electron chi connectivity index (χ3n) is 3.82. The lowest BCUT2D eigenvalue weighted by atomic mass is 10.2. The van der Waals surface area contributed by atoms with Gasteiger partial charge in [0.2, 0.25) is 0 Å². The van der Waals surface area contributed by atoms with Gasteiger partial charge in [-0.3, -0.25) is 14.5 Å². The fourth-order valence-electron chi connectivity index (χ4n) is 2.42. The van der Waals surface area contributed by atoms with Gasteiger partial charge in [0.05, 0.1) is 15.0 Å². The minimum Gasteiger partial charge on any atom is -0.506 e. The number of hydrogen-bond donors (Lipinski definition) is 1. The fraction of sp³-hybridized carbons (Fsp3) is 0.158. The fourth-order valence-corrected chi connectivity index (χ4v) is 5.16. The molecule has 1 aliphatic rings. The van der Waals surface area contributed by atoms with Crippen molar-refractivity contribution in [2.75, 3.05) is 13.2 Å². The second kappa shape index (κ2) is 8.82. The number of carbonyl (C=O) groups is 2. The molecule has 5 nitrogen and oxygen atoms in total. The van der Waals surface area contributed by atoms with E-state index in [9.17, 15) is 14.7 Å². The molecule has 1 fully saturated rings. The van der Waals surface area contributed by atoms with Crippen LogP contribution in [0.2, 0.25) is 0 Å². The van der Waals surface area contributed by atoms with Gasteiger partial charge in [-0.25, -0.2) is 0 Å². The number of aryl methyl sites for hydroxylation is 1. The molecule has 2 aromatic carbocycles. The van der Waals surface area contributed by atoms with Crippen molar-refractivity contribution in [3.63, 3.8) is 0 Å². The van der Waals surface area contributed by atoms with Gasteiger partial charge in [-0.05, 0) is 94.2 Å². The van der Waals surface area contributed by atoms with E-state index in [-0.39, 0.29) is 30.0 Å². The SMILES string of the molecule is Cc1ccc(OCCN2C(=O)S/C(=C\c3cc(I)cc(I)c3O)C2=O)cc1. The Morgan fingerprint density at radius 3 is 2.59 bits per heavy atom. The van der Waals surface area contributed by atoms with E-state index in [0.29, 0.717) is 19.8 Å². The highest BCUT2D eigenvalue weighted by Crippen LogP contribution is 2.35. The van der Waals surface area contributed by atoms with Crippen LogP contribution >= 0.6 is 56.9 Å². The van der Waals surface area contributed by atoms with Gasteiger partial charge < -0.3 is 9.84 Å². The number of imide groups is 1. The Morgan fingerprint density at radius 2 is 1.89 bits per heavy atom. The average molecular weight is 607 g/mol. The van der Waals surface area contributed by atoms with Crippen LogP contribution in [-0.2, 0) is 4.79 Å². The van der Waals surface area contributed by atoms with Crippen LogP contribution in [-0.4, -0.2) is 34.3 Å². The molecule has 140 valence electrons. The van der Waals surface area contributed by atoms with E-state index < -0.39 is 0 Å². The molecule has 8 heteroatoms. The molecule has 1 N–H and O–H groups in total. The molecule has 1 aliphatic heterocycles. The number of phenols is 1. The molecule has 0 atom stereocenters. The molecule has 0 unspecified atom stereocenters. The summed E-state index contributed by atoms with van der Waals surface area (Å²) >= 11 is 5.05. The molecule has 0 bridgehead atoms. The van der Waals surface area contributed by atoms with E-state index in [2.05, 4.69) is 22.6 Å². The van der Waals surface area contributed by atoms with Gasteiger partial charge in [0.1, 0.15) is 18.1 Å². The highest BCUT2D eigenvalue weighted by molar-refractivity contribution is 14.1. The van der Waals surface area contributed by atoms with E-state index in [1.54, 1.807) is 12.1 Å². The first-order valence-corrected chi connectivity index (χ1v) is 11.0. The highest BCUT2D eigenvalue weighted by atomic mass is 127. The molecular formula is C19H15I2NO4S. The average Bonchev–Trinajstić information content (AvgIpc) is 2.88. The quantitative estimate of drug-likeness (QED) is 0.382. The van der Waals surface area contributed by atoms with E-state index >= 15 is 0 Å². The van der Waals surface area contributed by atoms with Crippen molar-refractivity contribution in [3.05, 3.63) is 59.6 Å². The van der Waals surface area contributed by atoms with Crippen LogP contribution in [0.4, 0.5) is 4.79 Å². The van der Waals surface area contributed by atoms with Crippen LogP contribution in [0.15, 0.2) is 41.3 Å². The first-order valence-electron chi connectivity index (χ1n) is 7.98. The molecule has 0 aliphatic carbocycles. The Labute approximate surface area is 188 Å². The van der Waals surface area contributed by atoms with Crippen molar-refractivity contribution in [1.29, 1.82) is 0 Å². The van der Waals surface area contributed by atoms with Crippen LogP contribution in [0.25, 0.3) is 6.08 Å². The number of amides is 2. The minimum absolute atomic E-state index is 0.102. The smallest absolute Gasteiger partial charge is 0.293 e. The largest absolute Gasteiger partial charge is 0.506 e. The van der Waals surface area contributed by atoms with Gasteiger partial charge >= 0.3 is 0 Å². The Balaban J connectivity index is 1.69. The lowest BCUT2D eigenvalue weighted by Gasteiger charge is -2.13. The lowest BCUT2D eigenvalue weighted by Crippen LogP contribution is -2.32. The van der Waals surface area contributed by atoms with Crippen LogP contribution in [0.5, 0.6) is 11.5 Å². The maximum Gasteiger partial charge on any atom is 0.293 e. The Hall–Kier alpha value is -1.27. The summed E-state index contributed by atoms with van der Waals surface area (Å²) in [5, 5.41) is 9.86. The van der Waals surface area contributed by atoms with Gasteiger partial charge in [-0.1, -0.05) is 17.7 Å². The molecule has 1 heterocycles. The summed E-state index contributed by atoms with van der Waals surface area (Å²) in [5.41, 5.74) is 1.65. The van der Waals surface area contributed by atoms with Gasteiger partial charge in [0.25, 0.3) is 11.1 Å². The van der Waals surface area contributed by atoms with E-state index in [1.807, 2.05) is 59.8 Å². The van der Waals surface area contributed by atoms with Crippen molar-refractivity contribution in [2.24, 2.45) is 0 Å². The summed E-state index contributed by atoms with van der Waals surface area (Å²) in [5.74, 6) is 0.428. The standard InChI is InChI=1S/C19H15I2NO4S/c1-11-2-4-14(5-3-11)26-7-6-22-18(24)16(27-19(22)25)9-12-8-13(20)10-15(21)17(12)23/h2-5,8-10,23H,6-7H2,1H3/b16-9-. The number of hydrogen-bond acceptors (Lipinski definition) is 5. The van der Waals surface area contributed by atoms with Gasteiger partial charge in [0.15, 0.2) is 0 Å². The summed E-state index contributed by atoms with van der Waals surface area (Å²) in [7, 11) is 0. The minimum atomic E-state index is -0.370. The third kappa shape index (κ3) is 4.96. The van der Waals surface area contributed by atoms with Crippen molar-refractivity contribution in [2.45, 2.75) is 6.92 Å². The number of ether oxygens (including phenoxy) is 1. The van der Waals surface area contributed by atoms with Crippen molar-refractivity contribution in [3.8, 4) is 11.5 Å². The number of carbonyl (C=O) groups excluding carboxylic acids is 2. The predicted octanol–water partition coefficient (Wildman–Crippen LogP) is 5.03. The maximum absolute atomic E-state index is 12.6. The molecule has 0 saturated carbocycles. The molecule has 0 radical (unpaired) electrons. The van der Waals surface area contributed by atoms with Gasteiger partial charge in [0, 0.05) is 9.13 Å². The highest BCUT2D eigenvalue weighted by Gasteiger charge is 2.35. The molecule has 0 spiro atoms. The summed E-state index contributed by atoms with van der Waals surface area (Å²) in [6, 6.07) is 11.2. The van der Waals surface area contributed by atoms with Crippen LogP contribution in [0.1, 0.15) is 11.1 Å². The third-order valence-corrected chi connectivity index (χ3v) is 6.17. The first-order chi connectivity index (χ1) is 12.8. The molecule has 2 aromatic rings. The van der Waals surface area contributed by atoms with Crippen LogP contribution in [0.3, 0.4) is 0 Å². The predicted molar refractivity (Wildman–Crippen MR) is 123 cm³/mol. The summed E-state index contributed by atoms with van der Waals surface area (Å²) in [4.78, 5) is 26.2. The zero-order chi connectivity index (χ0) is 19.6. The molecule has 0 aromatic heterocycles. The van der Waals surface area contributed by atoms with Crippen LogP contribution < -0.4 is 4.74 Å². The molecular weight excluding hydrogens is 592 g/mol. The van der Waals surface area contributed by atoms with E-state index in [1.165, 1.54) is 4.90 Å². The van der Waals surface area contributed by atoms with Crippen molar-refractivity contribution >= 4 is 74.2 Å². The first kappa shape index (κ1) is 20.5. The van der Waals surface area contributed by atoms with E-state index in [4.69, 9.17) is 4.74 Å². The van der Waals surface area contributed by atoms with Gasteiger partial charge in [-0.2, -0.15) is 0 Å². The molecule has 2 amide bonds. The maximum atomic E-state index is 12.6. The zero-order valence-corrected chi connectivity index (χ0v) is 19.4. The number of phenolic OH excluding ortho intramolecular Hbond substituents is 1. The van der Waals surface area contributed by atoms with Crippen molar-refractivity contribution < 1.29 is 19.4 Å². The van der Waals surface area contributed by atoms with E-state index in [0.717, 1.165) is 20.9 Å². The number of thioether (sulfide) groups is 1.